The molecule has 1 aliphatic rings. The van der Waals surface area contributed by atoms with Crippen molar-refractivity contribution < 1.29 is 22.8 Å². The van der Waals surface area contributed by atoms with E-state index in [4.69, 9.17) is 5.73 Å². The summed E-state index contributed by atoms with van der Waals surface area (Å²) in [4.78, 5) is 24.1. The van der Waals surface area contributed by atoms with E-state index in [2.05, 4.69) is 5.32 Å². The minimum atomic E-state index is -4.45. The number of nitrogens with zero attached hydrogens (tertiary/aromatic N) is 1. The second-order valence-corrected chi connectivity index (χ2v) is 5.58. The molecule has 2 amide bonds. The molecule has 0 aromatic rings. The summed E-state index contributed by atoms with van der Waals surface area (Å²) >= 11 is 0. The average molecular weight is 309 g/mol. The smallest absolute Gasteiger partial charge is 0.354 e. The molecule has 1 fully saturated rings. The molecule has 1 heterocycles. The monoisotopic (exact) mass is 309 g/mol. The number of nitrogens with one attached hydrogen (secondary N) is 1. The summed E-state index contributed by atoms with van der Waals surface area (Å²) in [6.45, 7) is 2.56. The van der Waals surface area contributed by atoms with E-state index in [0.29, 0.717) is 17.7 Å². The first-order chi connectivity index (χ1) is 9.60. The summed E-state index contributed by atoms with van der Waals surface area (Å²) in [5.41, 5.74) is 5.52. The number of rotatable bonds is 6. The maximum Gasteiger partial charge on any atom is 0.406 e. The summed E-state index contributed by atoms with van der Waals surface area (Å²) < 4.78 is 36.9. The van der Waals surface area contributed by atoms with E-state index in [0.717, 1.165) is 0 Å². The first-order valence-electron chi connectivity index (χ1n) is 7.01. The van der Waals surface area contributed by atoms with Crippen LogP contribution >= 0.6 is 0 Å². The fourth-order valence-corrected chi connectivity index (χ4v) is 2.22. The second kappa shape index (κ2) is 6.64. The van der Waals surface area contributed by atoms with Crippen molar-refractivity contribution >= 4 is 11.8 Å². The average Bonchev–Trinajstić information content (AvgIpc) is 2.75. The first-order valence-corrected chi connectivity index (χ1v) is 7.01. The quantitative estimate of drug-likeness (QED) is 0.769. The Balaban J connectivity index is 2.52. The molecule has 8 heteroatoms. The Labute approximate surface area is 122 Å². The van der Waals surface area contributed by atoms with E-state index in [1.807, 2.05) is 13.8 Å². The van der Waals surface area contributed by atoms with Gasteiger partial charge in [0.05, 0.1) is 5.92 Å². The van der Waals surface area contributed by atoms with Gasteiger partial charge in [-0.05, 0) is 12.8 Å². The van der Waals surface area contributed by atoms with Gasteiger partial charge in [0.2, 0.25) is 11.8 Å². The Morgan fingerprint density at radius 3 is 2.43 bits per heavy atom. The van der Waals surface area contributed by atoms with Crippen molar-refractivity contribution in [3.05, 3.63) is 0 Å². The van der Waals surface area contributed by atoms with Gasteiger partial charge in [0, 0.05) is 25.0 Å². The Bertz CT molecular complexity index is 395. The van der Waals surface area contributed by atoms with Crippen LogP contribution < -0.4 is 11.1 Å². The Morgan fingerprint density at radius 1 is 1.38 bits per heavy atom. The van der Waals surface area contributed by atoms with E-state index in [1.54, 1.807) is 0 Å². The predicted molar refractivity (Wildman–Crippen MR) is 71.3 cm³/mol. The van der Waals surface area contributed by atoms with Gasteiger partial charge in [-0.15, -0.1) is 0 Å². The highest BCUT2D eigenvalue weighted by molar-refractivity contribution is 5.89. The third kappa shape index (κ3) is 5.18. The molecule has 0 bridgehead atoms. The van der Waals surface area contributed by atoms with Crippen molar-refractivity contribution in [3.63, 3.8) is 0 Å². The molecule has 21 heavy (non-hydrogen) atoms. The Hall–Kier alpha value is -1.31. The van der Waals surface area contributed by atoms with Crippen molar-refractivity contribution in [3.8, 4) is 0 Å². The molecular formula is C13H22F3N3O2. The predicted octanol–water partition coefficient (Wildman–Crippen LogP) is 1.03. The molecule has 0 saturated carbocycles. The normalized spacial score (nSPS) is 20.0. The number of carbonyl (C=O) groups excluding carboxylic acids is 2. The minimum Gasteiger partial charge on any atom is -0.354 e. The van der Waals surface area contributed by atoms with Crippen LogP contribution in [0, 0.1) is 5.92 Å². The maximum absolute atomic E-state index is 12.3. The van der Waals surface area contributed by atoms with Crippen LogP contribution in [-0.2, 0) is 9.59 Å². The third-order valence-corrected chi connectivity index (χ3v) is 3.98. The fraction of sp³-hybridized carbons (Fsp3) is 0.846. The van der Waals surface area contributed by atoms with Gasteiger partial charge in [-0.25, -0.2) is 0 Å². The van der Waals surface area contributed by atoms with Crippen LogP contribution in [0.4, 0.5) is 13.2 Å². The zero-order chi connectivity index (χ0) is 16.3. The lowest BCUT2D eigenvalue weighted by Gasteiger charge is -2.27. The van der Waals surface area contributed by atoms with Gasteiger partial charge in [-0.1, -0.05) is 13.8 Å². The Morgan fingerprint density at radius 2 is 1.95 bits per heavy atom. The lowest BCUT2D eigenvalue weighted by Crippen LogP contribution is -2.50. The molecular weight excluding hydrogens is 287 g/mol. The van der Waals surface area contributed by atoms with E-state index in [-0.39, 0.29) is 19.5 Å². The second-order valence-electron chi connectivity index (χ2n) is 5.58. The van der Waals surface area contributed by atoms with Crippen molar-refractivity contribution in [2.75, 3.05) is 19.6 Å². The Kier molecular flexibility index (Phi) is 5.61. The molecule has 0 aromatic carbocycles. The number of hydrogen-bond donors (Lipinski definition) is 2. The van der Waals surface area contributed by atoms with E-state index >= 15 is 0 Å². The van der Waals surface area contributed by atoms with Gasteiger partial charge < -0.3 is 16.0 Å². The highest BCUT2D eigenvalue weighted by atomic mass is 19.4. The molecule has 1 unspecified atom stereocenters. The van der Waals surface area contributed by atoms with Gasteiger partial charge in [-0.2, -0.15) is 13.2 Å². The summed E-state index contributed by atoms with van der Waals surface area (Å²) in [6, 6.07) is 0. The number of nitrogens with two attached hydrogens (primary N) is 1. The van der Waals surface area contributed by atoms with Crippen LogP contribution in [0.3, 0.4) is 0 Å². The van der Waals surface area contributed by atoms with Crippen LogP contribution in [0.2, 0.25) is 0 Å². The third-order valence-electron chi connectivity index (χ3n) is 3.98. The molecule has 122 valence electrons. The summed E-state index contributed by atoms with van der Waals surface area (Å²) in [5, 5.41) is 2.65. The minimum absolute atomic E-state index is 0.183. The zero-order valence-electron chi connectivity index (χ0n) is 12.3. The molecule has 1 aliphatic heterocycles. The number of hydrogen-bond acceptors (Lipinski definition) is 3. The van der Waals surface area contributed by atoms with Crippen LogP contribution in [0.15, 0.2) is 0 Å². The largest absolute Gasteiger partial charge is 0.406 e. The topological polar surface area (TPSA) is 75.4 Å². The molecule has 0 spiro atoms. The molecule has 3 N–H and O–H groups in total. The molecule has 0 aliphatic carbocycles. The number of alkyl halides is 3. The van der Waals surface area contributed by atoms with Crippen LogP contribution in [0.5, 0.6) is 0 Å². The summed E-state index contributed by atoms with van der Waals surface area (Å²) in [5.74, 6) is -1.79. The van der Waals surface area contributed by atoms with Crippen LogP contribution in [0.1, 0.15) is 33.1 Å². The SMILES string of the molecule is CCC(N)(CC)CNC(=O)C1CC(=O)N(CC(F)(F)F)C1. The molecule has 5 nitrogen and oxygen atoms in total. The number of likely N-dealkylation sites (tertiary alicyclic amines) is 1. The lowest BCUT2D eigenvalue weighted by atomic mass is 9.94. The van der Waals surface area contributed by atoms with Crippen LogP contribution in [-0.4, -0.2) is 48.1 Å². The highest BCUT2D eigenvalue weighted by Crippen LogP contribution is 2.24. The van der Waals surface area contributed by atoms with Gasteiger partial charge in [0.25, 0.3) is 0 Å². The van der Waals surface area contributed by atoms with Gasteiger partial charge >= 0.3 is 6.18 Å². The van der Waals surface area contributed by atoms with Crippen molar-refractivity contribution in [2.45, 2.75) is 44.8 Å². The molecule has 1 atom stereocenters. The number of amides is 2. The zero-order valence-corrected chi connectivity index (χ0v) is 12.3. The molecule has 0 aromatic heterocycles. The molecule has 1 rings (SSSR count). The standard InChI is InChI=1S/C13H22F3N3O2/c1-3-12(17,4-2)7-18-11(21)9-5-10(20)19(6-9)8-13(14,15)16/h9H,3-8,17H2,1-2H3,(H,18,21). The van der Waals surface area contributed by atoms with Crippen LogP contribution in [0.25, 0.3) is 0 Å². The lowest BCUT2D eigenvalue weighted by molar-refractivity contribution is -0.157. The van der Waals surface area contributed by atoms with Crippen molar-refractivity contribution in [1.29, 1.82) is 0 Å². The molecule has 1 saturated heterocycles. The molecule has 0 radical (unpaired) electrons. The highest BCUT2D eigenvalue weighted by Gasteiger charge is 2.40. The van der Waals surface area contributed by atoms with E-state index in [1.165, 1.54) is 0 Å². The number of halogens is 3. The van der Waals surface area contributed by atoms with E-state index in [9.17, 15) is 22.8 Å². The van der Waals surface area contributed by atoms with Gasteiger partial charge in [0.1, 0.15) is 6.54 Å². The van der Waals surface area contributed by atoms with E-state index < -0.39 is 36.0 Å². The summed E-state index contributed by atoms with van der Waals surface area (Å²) in [6.07, 6.45) is -3.28. The van der Waals surface area contributed by atoms with Crippen molar-refractivity contribution in [2.24, 2.45) is 11.7 Å². The van der Waals surface area contributed by atoms with Gasteiger partial charge in [-0.3, -0.25) is 9.59 Å². The number of carbonyl (C=O) groups is 2. The first kappa shape index (κ1) is 17.7. The fourth-order valence-electron chi connectivity index (χ4n) is 2.22. The van der Waals surface area contributed by atoms with Crippen molar-refractivity contribution in [1.82, 2.24) is 10.2 Å². The van der Waals surface area contributed by atoms with Gasteiger partial charge in [0.15, 0.2) is 0 Å². The maximum atomic E-state index is 12.3. The summed E-state index contributed by atoms with van der Waals surface area (Å²) in [7, 11) is 0.